The molecule has 0 bridgehead atoms. The van der Waals surface area contributed by atoms with E-state index in [2.05, 4.69) is 0 Å². The Morgan fingerprint density at radius 1 is 1.48 bits per heavy atom. The molecule has 1 aliphatic heterocycles. The van der Waals surface area contributed by atoms with E-state index >= 15 is 0 Å². The van der Waals surface area contributed by atoms with Crippen molar-refractivity contribution in [3.05, 3.63) is 29.8 Å². The van der Waals surface area contributed by atoms with Crippen LogP contribution in [-0.2, 0) is 10.0 Å². The van der Waals surface area contributed by atoms with Gasteiger partial charge in [-0.15, -0.1) is 11.8 Å². The van der Waals surface area contributed by atoms with Crippen molar-refractivity contribution in [3.63, 3.8) is 0 Å². The average molecular weight is 329 g/mol. The summed E-state index contributed by atoms with van der Waals surface area (Å²) in [6, 6.07) is 6.84. The Hall–Kier alpha value is -1.05. The maximum Gasteiger partial charge on any atom is 0.335 e. The Morgan fingerprint density at radius 3 is 2.90 bits per heavy atom. The molecule has 0 spiro atoms. The number of sulfonamides is 1. The summed E-state index contributed by atoms with van der Waals surface area (Å²) in [7, 11) is -3.11. The number of benzene rings is 1. The van der Waals surface area contributed by atoms with Crippen molar-refractivity contribution in [2.24, 2.45) is 5.92 Å². The van der Waals surface area contributed by atoms with Crippen LogP contribution in [0.1, 0.15) is 23.2 Å². The zero-order valence-electron chi connectivity index (χ0n) is 11.9. The van der Waals surface area contributed by atoms with E-state index in [0.29, 0.717) is 19.0 Å². The predicted molar refractivity (Wildman–Crippen MR) is 83.3 cm³/mol. The van der Waals surface area contributed by atoms with E-state index in [1.54, 1.807) is 30.0 Å². The lowest BCUT2D eigenvalue weighted by Gasteiger charge is -2.30. The van der Waals surface area contributed by atoms with Gasteiger partial charge in [-0.3, -0.25) is 0 Å². The highest BCUT2D eigenvalue weighted by molar-refractivity contribution is 7.99. The highest BCUT2D eigenvalue weighted by atomic mass is 32.2. The Morgan fingerprint density at radius 2 is 2.24 bits per heavy atom. The van der Waals surface area contributed by atoms with Gasteiger partial charge in [-0.1, -0.05) is 6.07 Å². The number of aromatic carboxylic acids is 1. The average Bonchev–Trinajstić information content (AvgIpc) is 2.45. The van der Waals surface area contributed by atoms with E-state index in [1.165, 1.54) is 10.6 Å². The van der Waals surface area contributed by atoms with Gasteiger partial charge in [0.05, 0.1) is 11.8 Å². The highest BCUT2D eigenvalue weighted by Gasteiger charge is 2.25. The number of carboxylic acid groups (broad SMARTS) is 1. The van der Waals surface area contributed by atoms with Crippen LogP contribution in [0.5, 0.6) is 0 Å². The molecule has 2 rings (SSSR count). The molecular formula is C14H19NO4S2. The van der Waals surface area contributed by atoms with Crippen molar-refractivity contribution < 1.29 is 18.3 Å². The van der Waals surface area contributed by atoms with Crippen molar-refractivity contribution in [2.45, 2.75) is 17.7 Å². The first-order valence-electron chi connectivity index (χ1n) is 6.77. The Bertz CT molecular complexity index is 615. The molecule has 116 valence electrons. The van der Waals surface area contributed by atoms with E-state index < -0.39 is 16.0 Å². The molecule has 0 radical (unpaired) electrons. The summed E-state index contributed by atoms with van der Waals surface area (Å²) >= 11 is 1.59. The van der Waals surface area contributed by atoms with E-state index in [1.807, 2.05) is 6.07 Å². The van der Waals surface area contributed by atoms with Gasteiger partial charge in [0.1, 0.15) is 0 Å². The second-order valence-corrected chi connectivity index (χ2v) is 8.35. The summed E-state index contributed by atoms with van der Waals surface area (Å²) < 4.78 is 24.7. The van der Waals surface area contributed by atoms with Crippen molar-refractivity contribution in [2.75, 3.05) is 25.1 Å². The zero-order valence-corrected chi connectivity index (χ0v) is 13.5. The molecule has 0 aromatic heterocycles. The monoisotopic (exact) mass is 329 g/mol. The van der Waals surface area contributed by atoms with E-state index in [9.17, 15) is 13.2 Å². The molecule has 21 heavy (non-hydrogen) atoms. The molecular weight excluding hydrogens is 310 g/mol. The van der Waals surface area contributed by atoms with Crippen LogP contribution in [-0.4, -0.2) is 48.9 Å². The largest absolute Gasteiger partial charge is 0.478 e. The van der Waals surface area contributed by atoms with Gasteiger partial charge in [0, 0.05) is 23.7 Å². The van der Waals surface area contributed by atoms with Gasteiger partial charge in [0.2, 0.25) is 10.0 Å². The zero-order chi connectivity index (χ0) is 15.5. The first-order chi connectivity index (χ1) is 9.86. The molecule has 1 fully saturated rings. The summed E-state index contributed by atoms with van der Waals surface area (Å²) in [6.07, 6.45) is 3.14. The van der Waals surface area contributed by atoms with Gasteiger partial charge >= 0.3 is 5.97 Å². The second-order valence-electron chi connectivity index (χ2n) is 5.27. The topological polar surface area (TPSA) is 74.7 Å². The van der Waals surface area contributed by atoms with Crippen LogP contribution in [0.25, 0.3) is 0 Å². The highest BCUT2D eigenvalue weighted by Crippen LogP contribution is 2.27. The van der Waals surface area contributed by atoms with Crippen molar-refractivity contribution in [1.82, 2.24) is 4.31 Å². The van der Waals surface area contributed by atoms with E-state index in [4.69, 9.17) is 5.11 Å². The van der Waals surface area contributed by atoms with Crippen LogP contribution >= 0.6 is 11.8 Å². The second kappa shape index (κ2) is 6.81. The summed E-state index contributed by atoms with van der Waals surface area (Å²) in [5.74, 6) is 0.181. The van der Waals surface area contributed by atoms with Crippen LogP contribution in [0.3, 0.4) is 0 Å². The van der Waals surface area contributed by atoms with Crippen molar-refractivity contribution >= 4 is 27.8 Å². The SMILES string of the molecule is CS(=O)(=O)N1CCCC(CSc2cccc(C(=O)O)c2)C1. The molecule has 1 aromatic rings. The number of carboxylic acids is 1. The number of hydrogen-bond acceptors (Lipinski definition) is 4. The molecule has 1 aromatic carbocycles. The van der Waals surface area contributed by atoms with Gasteiger partial charge in [0.15, 0.2) is 0 Å². The van der Waals surface area contributed by atoms with Gasteiger partial charge in [0.25, 0.3) is 0 Å². The fourth-order valence-electron chi connectivity index (χ4n) is 2.40. The van der Waals surface area contributed by atoms with Crippen LogP contribution in [0, 0.1) is 5.92 Å². The molecule has 1 aliphatic rings. The van der Waals surface area contributed by atoms with E-state index in [-0.39, 0.29) is 5.56 Å². The Balaban J connectivity index is 1.94. The molecule has 1 heterocycles. The van der Waals surface area contributed by atoms with E-state index in [0.717, 1.165) is 23.5 Å². The lowest BCUT2D eigenvalue weighted by atomic mass is 10.0. The van der Waals surface area contributed by atoms with Gasteiger partial charge < -0.3 is 5.11 Å². The summed E-state index contributed by atoms with van der Waals surface area (Å²) in [6.45, 7) is 1.17. The fraction of sp³-hybridized carbons (Fsp3) is 0.500. The number of thioether (sulfide) groups is 1. The quantitative estimate of drug-likeness (QED) is 0.838. The molecule has 5 nitrogen and oxygen atoms in total. The Kier molecular flexibility index (Phi) is 5.29. The summed E-state index contributed by atoms with van der Waals surface area (Å²) in [5.41, 5.74) is 0.279. The smallest absolute Gasteiger partial charge is 0.335 e. The summed E-state index contributed by atoms with van der Waals surface area (Å²) in [4.78, 5) is 11.8. The first-order valence-corrected chi connectivity index (χ1v) is 9.61. The van der Waals surface area contributed by atoms with Gasteiger partial charge in [-0.2, -0.15) is 0 Å². The standard InChI is InChI=1S/C14H19NO4S2/c1-21(18,19)15-7-3-4-11(9-15)10-20-13-6-2-5-12(8-13)14(16)17/h2,5-6,8,11H,3-4,7,9-10H2,1H3,(H,16,17). The number of nitrogens with zero attached hydrogens (tertiary/aromatic N) is 1. The third-order valence-corrected chi connectivity index (χ3v) is 6.01. The molecule has 0 amide bonds. The number of hydrogen-bond donors (Lipinski definition) is 1. The normalized spacial score (nSPS) is 20.3. The molecule has 1 atom stereocenters. The van der Waals surface area contributed by atoms with Crippen LogP contribution in [0.4, 0.5) is 0 Å². The maximum absolute atomic E-state index is 11.6. The molecule has 1 unspecified atom stereocenters. The van der Waals surface area contributed by atoms with Gasteiger partial charge in [-0.05, 0) is 37.0 Å². The minimum atomic E-state index is -3.11. The predicted octanol–water partition coefficient (Wildman–Crippen LogP) is 2.15. The number of carbonyl (C=O) groups is 1. The molecule has 1 saturated heterocycles. The first kappa shape index (κ1) is 16.3. The number of piperidine rings is 1. The number of rotatable bonds is 5. The fourth-order valence-corrected chi connectivity index (χ4v) is 4.42. The van der Waals surface area contributed by atoms with Crippen molar-refractivity contribution in [1.29, 1.82) is 0 Å². The third kappa shape index (κ3) is 4.72. The molecule has 7 heteroatoms. The van der Waals surface area contributed by atoms with Crippen molar-refractivity contribution in [3.8, 4) is 0 Å². The maximum atomic E-state index is 11.6. The minimum absolute atomic E-state index is 0.279. The van der Waals surface area contributed by atoms with Crippen LogP contribution in [0.15, 0.2) is 29.2 Å². The van der Waals surface area contributed by atoms with Crippen LogP contribution < -0.4 is 0 Å². The Labute approximate surface area is 129 Å². The molecule has 0 aliphatic carbocycles. The third-order valence-electron chi connectivity index (χ3n) is 3.52. The minimum Gasteiger partial charge on any atom is -0.478 e. The van der Waals surface area contributed by atoms with Gasteiger partial charge in [-0.25, -0.2) is 17.5 Å². The van der Waals surface area contributed by atoms with Crippen LogP contribution in [0.2, 0.25) is 0 Å². The molecule has 1 N–H and O–H groups in total. The lowest BCUT2D eigenvalue weighted by molar-refractivity contribution is 0.0696. The lowest BCUT2D eigenvalue weighted by Crippen LogP contribution is -2.39. The summed E-state index contributed by atoms with van der Waals surface area (Å²) in [5, 5.41) is 8.97. The molecule has 0 saturated carbocycles.